The molecule has 0 saturated carbocycles. The SMILES string of the molecule is CC(C)(C)NCC(Cc1cccc(Br)c1)Cc1ccco1. The predicted octanol–water partition coefficient (Wildman–Crippen LogP) is 4.83. The van der Waals surface area contributed by atoms with Gasteiger partial charge in [-0.25, -0.2) is 0 Å². The van der Waals surface area contributed by atoms with E-state index in [2.05, 4.69) is 72.3 Å². The summed E-state index contributed by atoms with van der Waals surface area (Å²) < 4.78 is 6.66. The highest BCUT2D eigenvalue weighted by Crippen LogP contribution is 2.19. The van der Waals surface area contributed by atoms with E-state index in [0.717, 1.165) is 29.6 Å². The van der Waals surface area contributed by atoms with Gasteiger partial charge in [0.25, 0.3) is 0 Å². The van der Waals surface area contributed by atoms with Crippen LogP contribution in [0.4, 0.5) is 0 Å². The van der Waals surface area contributed by atoms with Gasteiger partial charge in [-0.05, 0) is 69.5 Å². The lowest BCUT2D eigenvalue weighted by Gasteiger charge is -2.25. The van der Waals surface area contributed by atoms with Gasteiger partial charge in [0.2, 0.25) is 0 Å². The number of furan rings is 1. The number of halogens is 1. The zero-order valence-corrected chi connectivity index (χ0v) is 14.6. The van der Waals surface area contributed by atoms with Gasteiger partial charge < -0.3 is 9.73 Å². The molecular weight excluding hydrogens is 326 g/mol. The molecule has 0 aliphatic rings. The molecule has 2 aromatic rings. The molecule has 0 bridgehead atoms. The maximum Gasteiger partial charge on any atom is 0.104 e. The number of hydrogen-bond acceptors (Lipinski definition) is 2. The second kappa shape index (κ2) is 7.28. The van der Waals surface area contributed by atoms with Crippen molar-refractivity contribution in [3.05, 3.63) is 58.5 Å². The Balaban J connectivity index is 2.03. The third-order valence-electron chi connectivity index (χ3n) is 3.40. The fraction of sp³-hybridized carbons (Fsp3) is 0.444. The highest BCUT2D eigenvalue weighted by Gasteiger charge is 2.16. The van der Waals surface area contributed by atoms with E-state index >= 15 is 0 Å². The smallest absolute Gasteiger partial charge is 0.104 e. The van der Waals surface area contributed by atoms with Gasteiger partial charge in [-0.2, -0.15) is 0 Å². The van der Waals surface area contributed by atoms with Crippen LogP contribution in [-0.2, 0) is 12.8 Å². The summed E-state index contributed by atoms with van der Waals surface area (Å²) >= 11 is 3.55. The van der Waals surface area contributed by atoms with Crippen LogP contribution in [0.1, 0.15) is 32.1 Å². The van der Waals surface area contributed by atoms with Crippen molar-refractivity contribution in [3.63, 3.8) is 0 Å². The predicted molar refractivity (Wildman–Crippen MR) is 91.5 cm³/mol. The highest BCUT2D eigenvalue weighted by molar-refractivity contribution is 9.10. The number of benzene rings is 1. The van der Waals surface area contributed by atoms with E-state index in [1.165, 1.54) is 5.56 Å². The molecule has 0 radical (unpaired) electrons. The molecule has 0 fully saturated rings. The van der Waals surface area contributed by atoms with Crippen molar-refractivity contribution >= 4 is 15.9 Å². The van der Waals surface area contributed by atoms with Crippen molar-refractivity contribution in [2.45, 2.75) is 39.2 Å². The lowest BCUT2D eigenvalue weighted by molar-refractivity contribution is 0.352. The van der Waals surface area contributed by atoms with Crippen molar-refractivity contribution in [2.75, 3.05) is 6.54 Å². The fourth-order valence-electron chi connectivity index (χ4n) is 2.38. The second-order valence-electron chi connectivity index (χ2n) is 6.61. The second-order valence-corrected chi connectivity index (χ2v) is 7.53. The van der Waals surface area contributed by atoms with Crippen molar-refractivity contribution in [2.24, 2.45) is 5.92 Å². The normalized spacial score (nSPS) is 13.3. The molecule has 0 aliphatic carbocycles. The number of rotatable bonds is 6. The van der Waals surface area contributed by atoms with Gasteiger partial charge in [-0.1, -0.05) is 28.1 Å². The van der Waals surface area contributed by atoms with E-state index in [1.54, 1.807) is 6.26 Å². The summed E-state index contributed by atoms with van der Waals surface area (Å²) in [6.45, 7) is 7.60. The Bertz CT molecular complexity index is 543. The summed E-state index contributed by atoms with van der Waals surface area (Å²) in [6, 6.07) is 12.6. The Morgan fingerprint density at radius 3 is 2.57 bits per heavy atom. The van der Waals surface area contributed by atoms with E-state index in [-0.39, 0.29) is 5.54 Å². The van der Waals surface area contributed by atoms with Gasteiger partial charge in [0, 0.05) is 16.4 Å². The van der Waals surface area contributed by atoms with Crippen molar-refractivity contribution in [1.29, 1.82) is 0 Å². The molecule has 1 aromatic heterocycles. The van der Waals surface area contributed by atoms with Crippen LogP contribution < -0.4 is 5.32 Å². The molecule has 2 rings (SSSR count). The Kier molecular flexibility index (Phi) is 5.65. The molecule has 0 aliphatic heterocycles. The van der Waals surface area contributed by atoms with Crippen molar-refractivity contribution in [1.82, 2.24) is 5.32 Å². The maximum absolute atomic E-state index is 5.52. The van der Waals surface area contributed by atoms with Gasteiger partial charge in [-0.15, -0.1) is 0 Å². The minimum absolute atomic E-state index is 0.138. The lowest BCUT2D eigenvalue weighted by Crippen LogP contribution is -2.40. The van der Waals surface area contributed by atoms with Gasteiger partial charge in [0.05, 0.1) is 6.26 Å². The van der Waals surface area contributed by atoms with E-state index < -0.39 is 0 Å². The van der Waals surface area contributed by atoms with Crippen LogP contribution in [0.2, 0.25) is 0 Å². The Morgan fingerprint density at radius 1 is 1.14 bits per heavy atom. The summed E-state index contributed by atoms with van der Waals surface area (Å²) in [6.07, 6.45) is 3.76. The standard InChI is InChI=1S/C18H24BrNO/c1-18(2,3)20-13-15(12-17-8-5-9-21-17)10-14-6-4-7-16(19)11-14/h4-9,11,15,20H,10,12-13H2,1-3H3. The van der Waals surface area contributed by atoms with Crippen LogP contribution >= 0.6 is 15.9 Å². The molecule has 1 unspecified atom stereocenters. The molecule has 2 nitrogen and oxygen atoms in total. The minimum atomic E-state index is 0.138. The first kappa shape index (κ1) is 16.3. The molecule has 114 valence electrons. The van der Waals surface area contributed by atoms with E-state index in [0.29, 0.717) is 5.92 Å². The summed E-state index contributed by atoms with van der Waals surface area (Å²) in [5.41, 5.74) is 1.50. The fourth-order valence-corrected chi connectivity index (χ4v) is 2.82. The van der Waals surface area contributed by atoms with Crippen LogP contribution in [0.3, 0.4) is 0 Å². The first-order valence-electron chi connectivity index (χ1n) is 7.44. The molecule has 1 atom stereocenters. The third-order valence-corrected chi connectivity index (χ3v) is 3.90. The third kappa shape index (κ3) is 6.06. The number of hydrogen-bond donors (Lipinski definition) is 1. The average Bonchev–Trinajstić information content (AvgIpc) is 2.88. The lowest BCUT2D eigenvalue weighted by atomic mass is 9.94. The molecule has 1 N–H and O–H groups in total. The molecule has 3 heteroatoms. The molecule has 0 saturated heterocycles. The summed E-state index contributed by atoms with van der Waals surface area (Å²) in [5, 5.41) is 3.62. The van der Waals surface area contributed by atoms with Gasteiger partial charge in [0.15, 0.2) is 0 Å². The van der Waals surface area contributed by atoms with E-state index in [1.807, 2.05) is 6.07 Å². The quantitative estimate of drug-likeness (QED) is 0.807. The van der Waals surface area contributed by atoms with Crippen molar-refractivity contribution in [3.8, 4) is 0 Å². The molecule has 1 heterocycles. The van der Waals surface area contributed by atoms with Crippen LogP contribution in [0, 0.1) is 5.92 Å². The Hall–Kier alpha value is -1.06. The van der Waals surface area contributed by atoms with Gasteiger partial charge >= 0.3 is 0 Å². The topological polar surface area (TPSA) is 25.2 Å². The molecule has 1 aromatic carbocycles. The van der Waals surface area contributed by atoms with E-state index in [4.69, 9.17) is 4.42 Å². The van der Waals surface area contributed by atoms with E-state index in [9.17, 15) is 0 Å². The zero-order valence-electron chi connectivity index (χ0n) is 13.0. The molecule has 0 amide bonds. The first-order chi connectivity index (χ1) is 9.92. The monoisotopic (exact) mass is 349 g/mol. The van der Waals surface area contributed by atoms with Crippen LogP contribution in [0.5, 0.6) is 0 Å². The minimum Gasteiger partial charge on any atom is -0.469 e. The van der Waals surface area contributed by atoms with Crippen LogP contribution in [0.25, 0.3) is 0 Å². The summed E-state index contributed by atoms with van der Waals surface area (Å²) in [7, 11) is 0. The largest absolute Gasteiger partial charge is 0.469 e. The molecule has 21 heavy (non-hydrogen) atoms. The summed E-state index contributed by atoms with van der Waals surface area (Å²) in [4.78, 5) is 0. The first-order valence-corrected chi connectivity index (χ1v) is 8.23. The highest BCUT2D eigenvalue weighted by atomic mass is 79.9. The molecular formula is C18H24BrNO. The zero-order chi connectivity index (χ0) is 15.3. The van der Waals surface area contributed by atoms with Gasteiger partial charge in [-0.3, -0.25) is 0 Å². The Labute approximate surface area is 136 Å². The summed E-state index contributed by atoms with van der Waals surface area (Å²) in [5.74, 6) is 1.58. The Morgan fingerprint density at radius 2 is 1.95 bits per heavy atom. The van der Waals surface area contributed by atoms with Gasteiger partial charge in [0.1, 0.15) is 5.76 Å². The maximum atomic E-state index is 5.52. The molecule has 0 spiro atoms. The average molecular weight is 350 g/mol. The van der Waals surface area contributed by atoms with Crippen LogP contribution in [0.15, 0.2) is 51.6 Å². The number of nitrogens with one attached hydrogen (secondary N) is 1. The van der Waals surface area contributed by atoms with Crippen molar-refractivity contribution < 1.29 is 4.42 Å². The van der Waals surface area contributed by atoms with Crippen LogP contribution in [-0.4, -0.2) is 12.1 Å².